The Bertz CT molecular complexity index is 553. The average Bonchev–Trinajstić information content (AvgIpc) is 3.29. The summed E-state index contributed by atoms with van der Waals surface area (Å²) in [5.74, 6) is 0. The zero-order valence-electron chi connectivity index (χ0n) is 12.7. The number of nitrogens with one attached hydrogen (secondary N) is 1. The van der Waals surface area contributed by atoms with Crippen molar-refractivity contribution in [3.8, 4) is 0 Å². The molecule has 1 saturated carbocycles. The van der Waals surface area contributed by atoms with Crippen LogP contribution in [0, 0.1) is 0 Å². The molecule has 1 fully saturated rings. The van der Waals surface area contributed by atoms with E-state index in [0.29, 0.717) is 24.0 Å². The number of rotatable bonds is 8. The van der Waals surface area contributed by atoms with E-state index in [1.807, 2.05) is 19.1 Å². The van der Waals surface area contributed by atoms with E-state index in [9.17, 15) is 8.42 Å². The van der Waals surface area contributed by atoms with E-state index in [2.05, 4.69) is 16.7 Å². The van der Waals surface area contributed by atoms with Gasteiger partial charge in [-0.3, -0.25) is 4.90 Å². The molecule has 1 atom stereocenters. The first kappa shape index (κ1) is 16.4. The highest BCUT2D eigenvalue weighted by atomic mass is 32.2. The Morgan fingerprint density at radius 3 is 2.48 bits per heavy atom. The molecule has 1 aromatic carbocycles. The Morgan fingerprint density at radius 1 is 1.33 bits per heavy atom. The van der Waals surface area contributed by atoms with Crippen molar-refractivity contribution >= 4 is 10.0 Å². The monoisotopic (exact) mass is 311 g/mol. The molecule has 5 nitrogen and oxygen atoms in total. The second-order valence-electron chi connectivity index (χ2n) is 5.78. The molecule has 1 unspecified atom stereocenters. The van der Waals surface area contributed by atoms with Crippen LogP contribution in [0.15, 0.2) is 29.2 Å². The zero-order valence-corrected chi connectivity index (χ0v) is 13.6. The molecule has 0 aliphatic heterocycles. The van der Waals surface area contributed by atoms with Crippen molar-refractivity contribution in [1.82, 2.24) is 9.62 Å². The van der Waals surface area contributed by atoms with Crippen LogP contribution in [0.5, 0.6) is 0 Å². The van der Waals surface area contributed by atoms with Crippen LogP contribution >= 0.6 is 0 Å². The molecule has 0 bridgehead atoms. The van der Waals surface area contributed by atoms with E-state index in [1.165, 1.54) is 12.8 Å². The molecule has 118 valence electrons. The summed E-state index contributed by atoms with van der Waals surface area (Å²) in [6, 6.07) is 7.75. The van der Waals surface area contributed by atoms with E-state index >= 15 is 0 Å². The molecular weight excluding hydrogens is 286 g/mol. The van der Waals surface area contributed by atoms with Crippen molar-refractivity contribution in [1.29, 1.82) is 0 Å². The van der Waals surface area contributed by atoms with Gasteiger partial charge in [-0.2, -0.15) is 0 Å². The lowest BCUT2D eigenvalue weighted by Gasteiger charge is -2.24. The number of benzene rings is 1. The first-order valence-corrected chi connectivity index (χ1v) is 8.93. The molecule has 1 aliphatic rings. The minimum absolute atomic E-state index is 0.198. The first-order chi connectivity index (χ1) is 9.94. The highest BCUT2D eigenvalue weighted by Gasteiger charge is 2.29. The van der Waals surface area contributed by atoms with Gasteiger partial charge in [0.05, 0.1) is 4.90 Å². The molecule has 0 aromatic heterocycles. The van der Waals surface area contributed by atoms with Gasteiger partial charge in [-0.1, -0.05) is 12.1 Å². The molecule has 0 spiro atoms. The van der Waals surface area contributed by atoms with E-state index in [4.69, 9.17) is 5.73 Å². The lowest BCUT2D eigenvalue weighted by Crippen LogP contribution is -2.41. The van der Waals surface area contributed by atoms with Gasteiger partial charge >= 0.3 is 0 Å². The van der Waals surface area contributed by atoms with Crippen molar-refractivity contribution < 1.29 is 8.42 Å². The Labute approximate surface area is 127 Å². The fourth-order valence-corrected chi connectivity index (χ4v) is 3.42. The third-order valence-corrected chi connectivity index (χ3v) is 5.49. The normalized spacial score (nSPS) is 17.1. The van der Waals surface area contributed by atoms with Gasteiger partial charge in [0.25, 0.3) is 0 Å². The third kappa shape index (κ3) is 4.51. The van der Waals surface area contributed by atoms with Gasteiger partial charge in [0, 0.05) is 18.6 Å². The lowest BCUT2D eigenvalue weighted by atomic mass is 10.2. The summed E-state index contributed by atoms with van der Waals surface area (Å²) < 4.78 is 27.2. The Morgan fingerprint density at radius 2 is 1.95 bits per heavy atom. The van der Waals surface area contributed by atoms with E-state index < -0.39 is 10.0 Å². The SMILES string of the molecule is CC(CNS(=O)(=O)c1ccc(CCN)cc1)N(C)C1CC1. The topological polar surface area (TPSA) is 75.4 Å². The van der Waals surface area contributed by atoms with Crippen molar-refractivity contribution in [3.05, 3.63) is 29.8 Å². The van der Waals surface area contributed by atoms with Crippen LogP contribution in [0.25, 0.3) is 0 Å². The predicted octanol–water partition coefficient (Wildman–Crippen LogP) is 0.949. The summed E-state index contributed by atoms with van der Waals surface area (Å²) in [6.45, 7) is 3.04. The Hall–Kier alpha value is -0.950. The van der Waals surface area contributed by atoms with Gasteiger partial charge in [0.1, 0.15) is 0 Å². The summed E-state index contributed by atoms with van der Waals surface area (Å²) in [4.78, 5) is 2.55. The quantitative estimate of drug-likeness (QED) is 0.749. The number of sulfonamides is 1. The van der Waals surface area contributed by atoms with Crippen molar-refractivity contribution in [2.24, 2.45) is 5.73 Å². The molecule has 1 aromatic rings. The van der Waals surface area contributed by atoms with E-state index in [1.54, 1.807) is 12.1 Å². The van der Waals surface area contributed by atoms with Gasteiger partial charge in [0.2, 0.25) is 10.0 Å². The van der Waals surface area contributed by atoms with Gasteiger partial charge in [-0.15, -0.1) is 0 Å². The predicted molar refractivity (Wildman–Crippen MR) is 84.6 cm³/mol. The largest absolute Gasteiger partial charge is 0.330 e. The highest BCUT2D eigenvalue weighted by molar-refractivity contribution is 7.89. The fourth-order valence-electron chi connectivity index (χ4n) is 2.30. The summed E-state index contributed by atoms with van der Waals surface area (Å²) >= 11 is 0. The van der Waals surface area contributed by atoms with Gasteiger partial charge in [-0.05, 0) is 57.5 Å². The molecule has 0 heterocycles. The summed E-state index contributed by atoms with van der Waals surface area (Å²) in [6.07, 6.45) is 3.20. The average molecular weight is 311 g/mol. The standard InChI is InChI=1S/C15H25N3O2S/c1-12(18(2)14-5-6-14)11-17-21(19,20)15-7-3-13(4-8-15)9-10-16/h3-4,7-8,12,14,17H,5-6,9-11,16H2,1-2H3. The van der Waals surface area contributed by atoms with Crippen LogP contribution in [-0.4, -0.2) is 45.5 Å². The van der Waals surface area contributed by atoms with E-state index in [0.717, 1.165) is 12.0 Å². The minimum atomic E-state index is -3.43. The number of nitrogens with zero attached hydrogens (tertiary/aromatic N) is 1. The summed E-state index contributed by atoms with van der Waals surface area (Å²) in [5.41, 5.74) is 6.54. The van der Waals surface area contributed by atoms with Crippen LogP contribution in [0.4, 0.5) is 0 Å². The summed E-state index contributed by atoms with van der Waals surface area (Å²) in [5, 5.41) is 0. The van der Waals surface area contributed by atoms with Gasteiger partial charge < -0.3 is 5.73 Å². The molecule has 0 saturated heterocycles. The number of nitrogens with two attached hydrogens (primary N) is 1. The number of likely N-dealkylation sites (N-methyl/N-ethyl adjacent to an activating group) is 1. The maximum atomic E-state index is 12.3. The first-order valence-electron chi connectivity index (χ1n) is 7.44. The molecule has 0 amide bonds. The fraction of sp³-hybridized carbons (Fsp3) is 0.600. The van der Waals surface area contributed by atoms with Crippen LogP contribution < -0.4 is 10.5 Å². The molecular formula is C15H25N3O2S. The van der Waals surface area contributed by atoms with Crippen LogP contribution in [0.1, 0.15) is 25.3 Å². The molecule has 1 aliphatic carbocycles. The zero-order chi connectivity index (χ0) is 15.5. The lowest BCUT2D eigenvalue weighted by molar-refractivity contribution is 0.248. The number of hydrogen-bond acceptors (Lipinski definition) is 4. The molecule has 21 heavy (non-hydrogen) atoms. The van der Waals surface area contributed by atoms with Crippen molar-refractivity contribution in [3.63, 3.8) is 0 Å². The van der Waals surface area contributed by atoms with Crippen molar-refractivity contribution in [2.45, 2.75) is 43.2 Å². The van der Waals surface area contributed by atoms with Crippen LogP contribution in [0.3, 0.4) is 0 Å². The maximum absolute atomic E-state index is 12.3. The number of hydrogen-bond donors (Lipinski definition) is 2. The molecule has 2 rings (SSSR count). The highest BCUT2D eigenvalue weighted by Crippen LogP contribution is 2.26. The molecule has 0 radical (unpaired) electrons. The Kier molecular flexibility index (Phi) is 5.37. The third-order valence-electron chi connectivity index (χ3n) is 4.05. The van der Waals surface area contributed by atoms with Crippen LogP contribution in [0.2, 0.25) is 0 Å². The molecule has 6 heteroatoms. The molecule has 3 N–H and O–H groups in total. The van der Waals surface area contributed by atoms with E-state index in [-0.39, 0.29) is 6.04 Å². The minimum Gasteiger partial charge on any atom is -0.330 e. The summed E-state index contributed by atoms with van der Waals surface area (Å²) in [7, 11) is -1.38. The van der Waals surface area contributed by atoms with Crippen LogP contribution in [-0.2, 0) is 16.4 Å². The van der Waals surface area contributed by atoms with Crippen molar-refractivity contribution in [2.75, 3.05) is 20.1 Å². The van der Waals surface area contributed by atoms with Gasteiger partial charge in [-0.25, -0.2) is 13.1 Å². The smallest absolute Gasteiger partial charge is 0.240 e. The second-order valence-corrected chi connectivity index (χ2v) is 7.55. The second kappa shape index (κ2) is 6.87. The maximum Gasteiger partial charge on any atom is 0.240 e. The van der Waals surface area contributed by atoms with Gasteiger partial charge in [0.15, 0.2) is 0 Å². The Balaban J connectivity index is 1.94.